The zero-order chi connectivity index (χ0) is 11.0. The van der Waals surface area contributed by atoms with Crippen LogP contribution in [0, 0.1) is 0 Å². The first-order valence-electron chi connectivity index (χ1n) is 5.12. The molecule has 16 heavy (non-hydrogen) atoms. The topological polar surface area (TPSA) is 66.8 Å². The van der Waals surface area contributed by atoms with Gasteiger partial charge in [0.15, 0.2) is 0 Å². The number of rotatable bonds is 1. The lowest BCUT2D eigenvalue weighted by molar-refractivity contribution is 0.559. The van der Waals surface area contributed by atoms with Crippen molar-refractivity contribution in [3.63, 3.8) is 0 Å². The van der Waals surface area contributed by atoms with E-state index in [1.807, 2.05) is 6.20 Å². The highest BCUT2D eigenvalue weighted by Crippen LogP contribution is 2.17. The lowest BCUT2D eigenvalue weighted by Crippen LogP contribution is -2.34. The molecule has 2 aromatic heterocycles. The molecule has 1 aliphatic heterocycles. The minimum absolute atomic E-state index is 0.175. The second-order valence-corrected chi connectivity index (χ2v) is 3.76. The number of fused-ring (bicyclic) bond motifs is 1. The van der Waals surface area contributed by atoms with Crippen LogP contribution in [0.5, 0.6) is 0 Å². The number of aromatic amines is 1. The number of hydrogen-bond donors (Lipinski definition) is 1. The number of imidazole rings is 1. The van der Waals surface area contributed by atoms with Gasteiger partial charge in [-0.1, -0.05) is 0 Å². The molecule has 1 aliphatic rings. The van der Waals surface area contributed by atoms with E-state index >= 15 is 0 Å². The zero-order valence-corrected chi connectivity index (χ0v) is 8.63. The molecule has 3 rings (SSSR count). The highest BCUT2D eigenvalue weighted by atomic mass is 16.1. The second kappa shape index (κ2) is 3.48. The van der Waals surface area contributed by atoms with Crippen LogP contribution in [0.2, 0.25) is 0 Å². The molecule has 0 unspecified atom stereocenters. The monoisotopic (exact) mass is 217 g/mol. The summed E-state index contributed by atoms with van der Waals surface area (Å²) in [5.74, 6) is 1.02. The summed E-state index contributed by atoms with van der Waals surface area (Å²) in [6.45, 7) is 2.48. The Morgan fingerprint density at radius 3 is 3.19 bits per heavy atom. The average Bonchev–Trinajstić information content (AvgIpc) is 2.75. The van der Waals surface area contributed by atoms with Crippen molar-refractivity contribution >= 4 is 5.69 Å². The Kier molecular flexibility index (Phi) is 1.99. The Morgan fingerprint density at radius 1 is 1.38 bits per heavy atom. The summed E-state index contributed by atoms with van der Waals surface area (Å²) in [7, 11) is 0. The fourth-order valence-corrected chi connectivity index (χ4v) is 1.93. The van der Waals surface area contributed by atoms with Gasteiger partial charge in [0.25, 0.3) is 5.56 Å². The van der Waals surface area contributed by atoms with Crippen LogP contribution in [0.15, 0.2) is 29.5 Å². The van der Waals surface area contributed by atoms with Crippen molar-refractivity contribution in [3.8, 4) is 0 Å². The average molecular weight is 217 g/mol. The van der Waals surface area contributed by atoms with Gasteiger partial charge < -0.3 is 9.47 Å². The molecule has 6 nitrogen and oxygen atoms in total. The molecule has 82 valence electrons. The van der Waals surface area contributed by atoms with Crippen molar-refractivity contribution in [3.05, 3.63) is 40.8 Å². The molecule has 0 aliphatic carbocycles. The van der Waals surface area contributed by atoms with E-state index in [-0.39, 0.29) is 5.56 Å². The zero-order valence-electron chi connectivity index (χ0n) is 8.63. The largest absolute Gasteiger partial charge is 0.361 e. The maximum atomic E-state index is 11.2. The SMILES string of the molecule is O=c1cc(N2CCn3ccnc3C2)cn[nH]1. The Bertz CT molecular complexity index is 558. The van der Waals surface area contributed by atoms with E-state index in [0.29, 0.717) is 0 Å². The molecule has 1 N–H and O–H groups in total. The molecule has 0 amide bonds. The minimum Gasteiger partial charge on any atom is -0.361 e. The summed E-state index contributed by atoms with van der Waals surface area (Å²) in [5.41, 5.74) is 0.671. The van der Waals surface area contributed by atoms with E-state index in [4.69, 9.17) is 0 Å². The smallest absolute Gasteiger partial charge is 0.266 e. The third-order valence-corrected chi connectivity index (χ3v) is 2.76. The van der Waals surface area contributed by atoms with Crippen LogP contribution in [-0.4, -0.2) is 26.3 Å². The number of hydrogen-bond acceptors (Lipinski definition) is 4. The van der Waals surface area contributed by atoms with E-state index in [2.05, 4.69) is 24.6 Å². The first-order chi connectivity index (χ1) is 7.83. The Morgan fingerprint density at radius 2 is 2.31 bits per heavy atom. The van der Waals surface area contributed by atoms with Gasteiger partial charge in [-0.05, 0) is 0 Å². The van der Waals surface area contributed by atoms with Crippen molar-refractivity contribution in [1.82, 2.24) is 19.7 Å². The fraction of sp³-hybridized carbons (Fsp3) is 0.300. The normalized spacial score (nSPS) is 14.9. The molecular weight excluding hydrogens is 206 g/mol. The Balaban J connectivity index is 1.91. The minimum atomic E-state index is -0.175. The third kappa shape index (κ3) is 1.48. The molecule has 0 aromatic carbocycles. The van der Waals surface area contributed by atoms with Crippen molar-refractivity contribution < 1.29 is 0 Å². The van der Waals surface area contributed by atoms with Crippen molar-refractivity contribution in [1.29, 1.82) is 0 Å². The van der Waals surface area contributed by atoms with Crippen LogP contribution in [0.25, 0.3) is 0 Å². The summed E-state index contributed by atoms with van der Waals surface area (Å²) in [5, 5.41) is 6.17. The quantitative estimate of drug-likeness (QED) is 0.729. The maximum Gasteiger partial charge on any atom is 0.266 e. The molecule has 0 atom stereocenters. The first-order valence-corrected chi connectivity index (χ1v) is 5.12. The Labute approximate surface area is 91.5 Å². The van der Waals surface area contributed by atoms with Gasteiger partial charge in [0.1, 0.15) is 5.82 Å². The fourth-order valence-electron chi connectivity index (χ4n) is 1.93. The molecule has 0 fully saturated rings. The Hall–Kier alpha value is -2.11. The van der Waals surface area contributed by atoms with Crippen molar-refractivity contribution in [2.75, 3.05) is 11.4 Å². The van der Waals surface area contributed by atoms with E-state index in [1.165, 1.54) is 0 Å². The van der Waals surface area contributed by atoms with E-state index < -0.39 is 0 Å². The molecule has 3 heterocycles. The van der Waals surface area contributed by atoms with Crippen LogP contribution < -0.4 is 10.5 Å². The third-order valence-electron chi connectivity index (χ3n) is 2.76. The van der Waals surface area contributed by atoms with Gasteiger partial charge in [-0.3, -0.25) is 4.79 Å². The molecule has 0 radical (unpaired) electrons. The van der Waals surface area contributed by atoms with Crippen LogP contribution in [0.4, 0.5) is 5.69 Å². The molecule has 0 saturated carbocycles. The molecule has 0 saturated heterocycles. The van der Waals surface area contributed by atoms with E-state index in [0.717, 1.165) is 31.1 Å². The standard InChI is InChI=1S/C10H11N5O/c16-10-5-8(6-12-13-10)15-4-3-14-2-1-11-9(14)7-15/h1-2,5-6H,3-4,7H2,(H,13,16). The van der Waals surface area contributed by atoms with Gasteiger partial charge in [-0.25, -0.2) is 10.1 Å². The van der Waals surface area contributed by atoms with Gasteiger partial charge in [0, 0.05) is 31.5 Å². The van der Waals surface area contributed by atoms with Crippen molar-refractivity contribution in [2.45, 2.75) is 13.1 Å². The number of H-pyrrole nitrogens is 1. The summed E-state index contributed by atoms with van der Waals surface area (Å²) in [4.78, 5) is 17.5. The summed E-state index contributed by atoms with van der Waals surface area (Å²) < 4.78 is 2.12. The number of aromatic nitrogens is 4. The predicted molar refractivity (Wildman–Crippen MR) is 58.1 cm³/mol. The van der Waals surface area contributed by atoms with Gasteiger partial charge in [0.05, 0.1) is 18.4 Å². The lowest BCUT2D eigenvalue weighted by Gasteiger charge is -2.28. The van der Waals surface area contributed by atoms with Crippen LogP contribution in [0.1, 0.15) is 5.82 Å². The van der Waals surface area contributed by atoms with Gasteiger partial charge >= 0.3 is 0 Å². The van der Waals surface area contributed by atoms with E-state index in [9.17, 15) is 4.79 Å². The number of anilines is 1. The van der Waals surface area contributed by atoms with Gasteiger partial charge in [0.2, 0.25) is 0 Å². The van der Waals surface area contributed by atoms with E-state index in [1.54, 1.807) is 18.5 Å². The summed E-state index contributed by atoms with van der Waals surface area (Å²) in [6, 6.07) is 1.56. The van der Waals surface area contributed by atoms with Crippen molar-refractivity contribution in [2.24, 2.45) is 0 Å². The first kappa shape index (κ1) is 9.14. The second-order valence-electron chi connectivity index (χ2n) is 3.76. The molecule has 0 bridgehead atoms. The lowest BCUT2D eigenvalue weighted by atomic mass is 10.3. The summed E-state index contributed by atoms with van der Waals surface area (Å²) in [6.07, 6.45) is 5.44. The molecule has 0 spiro atoms. The molecule has 6 heteroatoms. The van der Waals surface area contributed by atoms with Gasteiger partial charge in [-0.2, -0.15) is 5.10 Å². The van der Waals surface area contributed by atoms with Crippen LogP contribution in [-0.2, 0) is 13.1 Å². The summed E-state index contributed by atoms with van der Waals surface area (Å²) >= 11 is 0. The molecule has 2 aromatic rings. The predicted octanol–water partition coefficient (Wildman–Crippen LogP) is -0.0134. The number of nitrogens with zero attached hydrogens (tertiary/aromatic N) is 4. The maximum absolute atomic E-state index is 11.2. The number of nitrogens with one attached hydrogen (secondary N) is 1. The highest BCUT2D eigenvalue weighted by molar-refractivity contribution is 5.43. The van der Waals surface area contributed by atoms with Crippen LogP contribution >= 0.6 is 0 Å². The molecular formula is C10H11N5O. The van der Waals surface area contributed by atoms with Crippen LogP contribution in [0.3, 0.4) is 0 Å². The highest BCUT2D eigenvalue weighted by Gasteiger charge is 2.17. The van der Waals surface area contributed by atoms with Gasteiger partial charge in [-0.15, -0.1) is 0 Å².